The van der Waals surface area contributed by atoms with Crippen LogP contribution in [0.4, 0.5) is 0 Å². The number of aliphatic hydroxyl groups is 1. The summed E-state index contributed by atoms with van der Waals surface area (Å²) < 4.78 is 0. The lowest BCUT2D eigenvalue weighted by atomic mass is 10.00. The average molecular weight is 326 g/mol. The fourth-order valence-corrected chi connectivity index (χ4v) is 2.43. The smallest absolute Gasteiger partial charge is 0.254 e. The average Bonchev–Trinajstić information content (AvgIpc) is 2.57. The van der Waals surface area contributed by atoms with Crippen LogP contribution in [0.15, 0.2) is 48.5 Å². The van der Waals surface area contributed by atoms with E-state index in [2.05, 4.69) is 5.32 Å². The fraction of sp³-hybridized carbons (Fsp3) is 0.263. The Bertz CT molecular complexity index is 729. The molecule has 5 heteroatoms. The Morgan fingerprint density at radius 3 is 2.33 bits per heavy atom. The normalized spacial score (nSPS) is 13.1. The van der Waals surface area contributed by atoms with Crippen molar-refractivity contribution in [3.8, 4) is 0 Å². The van der Waals surface area contributed by atoms with E-state index >= 15 is 0 Å². The van der Waals surface area contributed by atoms with Crippen molar-refractivity contribution in [2.75, 3.05) is 0 Å². The van der Waals surface area contributed by atoms with Gasteiger partial charge in [-0.1, -0.05) is 48.5 Å². The number of aryl methyl sites for hydroxylation is 2. The molecular weight excluding hydrogens is 304 g/mol. The van der Waals surface area contributed by atoms with Crippen molar-refractivity contribution in [2.45, 2.75) is 32.4 Å². The summed E-state index contributed by atoms with van der Waals surface area (Å²) in [4.78, 5) is 23.9. The lowest BCUT2D eigenvalue weighted by Crippen LogP contribution is -2.47. The standard InChI is InChI=1S/C19H22N2O3/c1-12-8-9-14(10-13(12)2)11-16(18(20)23)21-19(24)17(22)15-6-4-3-5-7-15/h3-10,16-17,22H,11H2,1-2H3,(H2,20,23)(H,21,24)/t16-,17-/m0/s1. The van der Waals surface area contributed by atoms with Crippen LogP contribution >= 0.6 is 0 Å². The van der Waals surface area contributed by atoms with Crippen molar-refractivity contribution in [1.82, 2.24) is 5.32 Å². The molecule has 126 valence electrons. The van der Waals surface area contributed by atoms with E-state index in [0.29, 0.717) is 5.56 Å². The molecule has 2 aromatic rings. The highest BCUT2D eigenvalue weighted by atomic mass is 16.3. The molecule has 24 heavy (non-hydrogen) atoms. The number of nitrogens with two attached hydrogens (primary N) is 1. The number of rotatable bonds is 6. The van der Waals surface area contributed by atoms with Gasteiger partial charge in [0.15, 0.2) is 6.10 Å². The molecule has 0 spiro atoms. The van der Waals surface area contributed by atoms with Crippen molar-refractivity contribution in [3.05, 3.63) is 70.8 Å². The monoisotopic (exact) mass is 326 g/mol. The first-order valence-corrected chi connectivity index (χ1v) is 7.77. The van der Waals surface area contributed by atoms with Gasteiger partial charge in [0.2, 0.25) is 5.91 Å². The minimum absolute atomic E-state index is 0.281. The maximum Gasteiger partial charge on any atom is 0.254 e. The second-order valence-corrected chi connectivity index (χ2v) is 5.90. The number of aliphatic hydroxyl groups excluding tert-OH is 1. The third-order valence-electron chi connectivity index (χ3n) is 4.03. The van der Waals surface area contributed by atoms with E-state index in [-0.39, 0.29) is 6.42 Å². The molecule has 2 rings (SSSR count). The van der Waals surface area contributed by atoms with E-state index in [1.807, 2.05) is 32.0 Å². The summed E-state index contributed by atoms with van der Waals surface area (Å²) in [6.45, 7) is 3.98. The second-order valence-electron chi connectivity index (χ2n) is 5.90. The van der Waals surface area contributed by atoms with Crippen molar-refractivity contribution < 1.29 is 14.7 Å². The molecule has 0 unspecified atom stereocenters. The quantitative estimate of drug-likeness (QED) is 0.752. The molecule has 0 saturated heterocycles. The van der Waals surface area contributed by atoms with Crippen LogP contribution in [-0.2, 0) is 16.0 Å². The zero-order valence-corrected chi connectivity index (χ0v) is 13.8. The molecule has 0 heterocycles. The Kier molecular flexibility index (Phi) is 5.71. The lowest BCUT2D eigenvalue weighted by molar-refractivity contribution is -0.133. The fourth-order valence-electron chi connectivity index (χ4n) is 2.43. The van der Waals surface area contributed by atoms with Gasteiger partial charge in [0, 0.05) is 6.42 Å². The minimum Gasteiger partial charge on any atom is -0.378 e. The van der Waals surface area contributed by atoms with Crippen LogP contribution in [0.25, 0.3) is 0 Å². The van der Waals surface area contributed by atoms with Gasteiger partial charge in [-0.25, -0.2) is 0 Å². The molecule has 2 aromatic carbocycles. The molecular formula is C19H22N2O3. The van der Waals surface area contributed by atoms with Gasteiger partial charge in [-0.2, -0.15) is 0 Å². The SMILES string of the molecule is Cc1ccc(C[C@H](NC(=O)[C@@H](O)c2ccccc2)C(N)=O)cc1C. The molecule has 0 aliphatic heterocycles. The van der Waals surface area contributed by atoms with Crippen molar-refractivity contribution >= 4 is 11.8 Å². The number of amides is 2. The van der Waals surface area contributed by atoms with E-state index in [0.717, 1.165) is 16.7 Å². The van der Waals surface area contributed by atoms with Gasteiger partial charge >= 0.3 is 0 Å². The molecule has 4 N–H and O–H groups in total. The van der Waals surface area contributed by atoms with Crippen LogP contribution in [0.2, 0.25) is 0 Å². The Morgan fingerprint density at radius 1 is 1.08 bits per heavy atom. The van der Waals surface area contributed by atoms with Gasteiger partial charge in [0.25, 0.3) is 5.91 Å². The zero-order chi connectivity index (χ0) is 17.7. The van der Waals surface area contributed by atoms with Crippen LogP contribution in [0.5, 0.6) is 0 Å². The van der Waals surface area contributed by atoms with Crippen LogP contribution in [-0.4, -0.2) is 23.0 Å². The van der Waals surface area contributed by atoms with E-state index in [1.165, 1.54) is 0 Å². The zero-order valence-electron chi connectivity index (χ0n) is 13.8. The highest BCUT2D eigenvalue weighted by Crippen LogP contribution is 2.14. The third kappa shape index (κ3) is 4.43. The molecule has 0 radical (unpaired) electrons. The van der Waals surface area contributed by atoms with Crippen molar-refractivity contribution in [1.29, 1.82) is 0 Å². The lowest BCUT2D eigenvalue weighted by Gasteiger charge is -2.19. The van der Waals surface area contributed by atoms with Crippen LogP contribution in [0.3, 0.4) is 0 Å². The summed E-state index contributed by atoms with van der Waals surface area (Å²) in [5.41, 5.74) is 9.02. The largest absolute Gasteiger partial charge is 0.378 e. The van der Waals surface area contributed by atoms with Gasteiger partial charge in [-0.3, -0.25) is 9.59 Å². The van der Waals surface area contributed by atoms with Crippen molar-refractivity contribution in [3.63, 3.8) is 0 Å². The molecule has 0 fully saturated rings. The summed E-state index contributed by atoms with van der Waals surface area (Å²) >= 11 is 0. The van der Waals surface area contributed by atoms with E-state index < -0.39 is 24.0 Å². The highest BCUT2D eigenvalue weighted by molar-refractivity contribution is 5.89. The summed E-state index contributed by atoms with van der Waals surface area (Å²) in [5, 5.41) is 12.6. The topological polar surface area (TPSA) is 92.4 Å². The van der Waals surface area contributed by atoms with Crippen LogP contribution < -0.4 is 11.1 Å². The maximum atomic E-state index is 12.2. The van der Waals surface area contributed by atoms with Gasteiger partial charge in [0.1, 0.15) is 6.04 Å². The highest BCUT2D eigenvalue weighted by Gasteiger charge is 2.24. The first-order chi connectivity index (χ1) is 11.4. The van der Waals surface area contributed by atoms with Gasteiger partial charge in [-0.15, -0.1) is 0 Å². The summed E-state index contributed by atoms with van der Waals surface area (Å²) in [5.74, 6) is -1.28. The predicted molar refractivity (Wildman–Crippen MR) is 92.1 cm³/mol. The number of benzene rings is 2. The summed E-state index contributed by atoms with van der Waals surface area (Å²) in [6, 6.07) is 13.5. The van der Waals surface area contributed by atoms with Gasteiger partial charge < -0.3 is 16.2 Å². The third-order valence-corrected chi connectivity index (χ3v) is 4.03. The van der Waals surface area contributed by atoms with Gasteiger partial charge in [-0.05, 0) is 36.1 Å². The van der Waals surface area contributed by atoms with Gasteiger partial charge in [0.05, 0.1) is 0 Å². The first kappa shape index (κ1) is 17.7. The second kappa shape index (κ2) is 7.75. The number of hydrogen-bond acceptors (Lipinski definition) is 3. The Labute approximate surface area is 141 Å². The minimum atomic E-state index is -1.34. The number of carbonyl (C=O) groups excluding carboxylic acids is 2. The molecule has 0 bridgehead atoms. The predicted octanol–water partition coefficient (Wildman–Crippen LogP) is 1.55. The molecule has 0 aliphatic rings. The number of nitrogens with one attached hydrogen (secondary N) is 1. The molecule has 5 nitrogen and oxygen atoms in total. The Hall–Kier alpha value is -2.66. The van der Waals surface area contributed by atoms with E-state index in [1.54, 1.807) is 30.3 Å². The maximum absolute atomic E-state index is 12.2. The molecule has 2 amide bonds. The van der Waals surface area contributed by atoms with Crippen LogP contribution in [0, 0.1) is 13.8 Å². The van der Waals surface area contributed by atoms with E-state index in [4.69, 9.17) is 5.73 Å². The van der Waals surface area contributed by atoms with Crippen molar-refractivity contribution in [2.24, 2.45) is 5.73 Å². The number of primary amides is 1. The number of carbonyl (C=O) groups is 2. The van der Waals surface area contributed by atoms with E-state index in [9.17, 15) is 14.7 Å². The van der Waals surface area contributed by atoms with Crippen LogP contribution in [0.1, 0.15) is 28.4 Å². The number of hydrogen-bond donors (Lipinski definition) is 3. The summed E-state index contributed by atoms with van der Waals surface area (Å²) in [7, 11) is 0. The molecule has 0 aliphatic carbocycles. The Morgan fingerprint density at radius 2 is 1.75 bits per heavy atom. The first-order valence-electron chi connectivity index (χ1n) is 7.77. The molecule has 0 aromatic heterocycles. The Balaban J connectivity index is 2.09. The summed E-state index contributed by atoms with van der Waals surface area (Å²) in [6.07, 6.45) is -1.06. The molecule has 0 saturated carbocycles. The molecule has 2 atom stereocenters.